The Kier molecular flexibility index (Phi) is 7.50. The van der Waals surface area contributed by atoms with Gasteiger partial charge in [0.15, 0.2) is 0 Å². The van der Waals surface area contributed by atoms with Crippen molar-refractivity contribution in [3.8, 4) is 6.07 Å². The van der Waals surface area contributed by atoms with Gasteiger partial charge >= 0.3 is 6.09 Å². The van der Waals surface area contributed by atoms with E-state index in [1.165, 1.54) is 4.90 Å². The van der Waals surface area contributed by atoms with Crippen molar-refractivity contribution in [2.75, 3.05) is 24.2 Å². The molecule has 0 N–H and O–H groups in total. The van der Waals surface area contributed by atoms with Gasteiger partial charge in [0.25, 0.3) is 0 Å². The summed E-state index contributed by atoms with van der Waals surface area (Å²) in [7, 11) is 0. The highest BCUT2D eigenvalue weighted by molar-refractivity contribution is 7.98. The number of carbonyl (C=O) groups excluding carboxylic acids is 1. The van der Waals surface area contributed by atoms with Gasteiger partial charge in [-0.05, 0) is 81.8 Å². The van der Waals surface area contributed by atoms with Gasteiger partial charge in [0.1, 0.15) is 5.60 Å². The molecule has 0 saturated carbocycles. The van der Waals surface area contributed by atoms with Gasteiger partial charge in [-0.1, -0.05) is 12.1 Å². The van der Waals surface area contributed by atoms with E-state index >= 15 is 0 Å². The van der Waals surface area contributed by atoms with E-state index in [0.29, 0.717) is 24.7 Å². The van der Waals surface area contributed by atoms with Gasteiger partial charge in [-0.15, -0.1) is 11.8 Å². The van der Waals surface area contributed by atoms with Crippen LogP contribution in [0.4, 0.5) is 10.5 Å². The number of thioether (sulfide) groups is 1. The number of benzene rings is 2. The highest BCUT2D eigenvalue weighted by atomic mass is 32.2. The van der Waals surface area contributed by atoms with E-state index in [9.17, 15) is 10.1 Å². The number of ether oxygens (including phenoxy) is 1. The Bertz CT molecular complexity index is 923. The van der Waals surface area contributed by atoms with Crippen LogP contribution in [-0.2, 0) is 11.3 Å². The number of anilines is 1. The van der Waals surface area contributed by atoms with Gasteiger partial charge in [-0.3, -0.25) is 0 Å². The molecule has 0 unspecified atom stereocenters. The number of nitrogens with zero attached hydrogens (tertiary/aromatic N) is 3. The Balaban J connectivity index is 1.76. The van der Waals surface area contributed by atoms with E-state index in [1.807, 2.05) is 43.9 Å². The van der Waals surface area contributed by atoms with Crippen LogP contribution in [0, 0.1) is 11.3 Å². The number of rotatable bonds is 5. The van der Waals surface area contributed by atoms with Crippen molar-refractivity contribution >= 4 is 23.5 Å². The van der Waals surface area contributed by atoms with Crippen molar-refractivity contribution < 1.29 is 9.53 Å². The molecule has 1 heterocycles. The molecule has 6 heteroatoms. The average Bonchev–Trinajstić information content (AvgIpc) is 2.77. The first-order valence-corrected chi connectivity index (χ1v) is 11.9. The van der Waals surface area contributed by atoms with E-state index in [-0.39, 0.29) is 6.09 Å². The minimum atomic E-state index is -0.481. The second kappa shape index (κ2) is 10.1. The van der Waals surface area contributed by atoms with Crippen molar-refractivity contribution in [2.45, 2.75) is 56.7 Å². The number of amides is 1. The summed E-state index contributed by atoms with van der Waals surface area (Å²) in [6.45, 7) is 7.77. The van der Waals surface area contributed by atoms with Gasteiger partial charge in [-0.25, -0.2) is 4.79 Å². The Morgan fingerprint density at radius 1 is 1.19 bits per heavy atom. The zero-order chi connectivity index (χ0) is 22.4. The summed E-state index contributed by atoms with van der Waals surface area (Å²) in [5, 5.41) is 9.27. The monoisotopic (exact) mass is 437 g/mol. The Morgan fingerprint density at radius 3 is 2.45 bits per heavy atom. The molecular weight excluding hydrogens is 406 g/mol. The summed E-state index contributed by atoms with van der Waals surface area (Å²) in [6, 6.07) is 19.0. The quantitative estimate of drug-likeness (QED) is 0.563. The second-order valence-electron chi connectivity index (χ2n) is 8.84. The van der Waals surface area contributed by atoms with Crippen LogP contribution in [0.2, 0.25) is 0 Å². The van der Waals surface area contributed by atoms with E-state index in [4.69, 9.17) is 4.74 Å². The van der Waals surface area contributed by atoms with Crippen LogP contribution in [0.3, 0.4) is 0 Å². The minimum Gasteiger partial charge on any atom is -0.444 e. The highest BCUT2D eigenvalue weighted by Crippen LogP contribution is 2.28. The summed E-state index contributed by atoms with van der Waals surface area (Å²) in [5.74, 6) is 0. The van der Waals surface area contributed by atoms with Crippen LogP contribution in [-0.4, -0.2) is 42.0 Å². The predicted molar refractivity (Wildman–Crippen MR) is 126 cm³/mol. The average molecular weight is 438 g/mol. The molecule has 0 aromatic heterocycles. The lowest BCUT2D eigenvalue weighted by atomic mass is 10.0. The molecule has 1 fully saturated rings. The first-order chi connectivity index (χ1) is 14.8. The summed E-state index contributed by atoms with van der Waals surface area (Å²) in [5.41, 5.74) is 2.47. The van der Waals surface area contributed by atoms with Crippen molar-refractivity contribution in [2.24, 2.45) is 0 Å². The number of carbonyl (C=O) groups is 1. The van der Waals surface area contributed by atoms with Crippen molar-refractivity contribution in [1.82, 2.24) is 4.90 Å². The lowest BCUT2D eigenvalue weighted by Crippen LogP contribution is -2.48. The Hall–Kier alpha value is -2.65. The third-order valence-corrected chi connectivity index (χ3v) is 6.11. The molecule has 2 aromatic rings. The molecule has 1 aliphatic heterocycles. The van der Waals surface area contributed by atoms with E-state index in [2.05, 4.69) is 47.6 Å². The molecule has 5 nitrogen and oxygen atoms in total. The fourth-order valence-corrected chi connectivity index (χ4v) is 4.24. The van der Waals surface area contributed by atoms with Gasteiger partial charge < -0.3 is 14.5 Å². The van der Waals surface area contributed by atoms with Crippen LogP contribution in [0.1, 0.15) is 44.7 Å². The first-order valence-electron chi connectivity index (χ1n) is 10.7. The number of likely N-dealkylation sites (tertiary alicyclic amines) is 1. The number of hydrogen-bond donors (Lipinski definition) is 0. The van der Waals surface area contributed by atoms with Crippen LogP contribution in [0.5, 0.6) is 0 Å². The van der Waals surface area contributed by atoms with Gasteiger partial charge in [0.2, 0.25) is 0 Å². The largest absolute Gasteiger partial charge is 0.444 e. The Morgan fingerprint density at radius 2 is 1.87 bits per heavy atom. The molecule has 3 rings (SSSR count). The maximum Gasteiger partial charge on any atom is 0.410 e. The van der Waals surface area contributed by atoms with Crippen LogP contribution < -0.4 is 4.90 Å². The molecular formula is C25H31N3O2S. The standard InChI is InChI=1S/C25H31N3O2S/c1-25(2,3)30-24(29)27-14-12-22(13-15-27)28(21-8-10-23(31-4)11-9-21)18-20-7-5-6-19(16-20)17-26/h5-11,16,22H,12-15,18H2,1-4H3. The zero-order valence-corrected chi connectivity index (χ0v) is 19.6. The summed E-state index contributed by atoms with van der Waals surface area (Å²) >= 11 is 1.73. The molecule has 2 aromatic carbocycles. The van der Waals surface area contributed by atoms with Crippen LogP contribution >= 0.6 is 11.8 Å². The van der Waals surface area contributed by atoms with E-state index in [1.54, 1.807) is 11.8 Å². The first kappa shape index (κ1) is 23.0. The molecule has 0 atom stereocenters. The van der Waals surface area contributed by atoms with Crippen molar-refractivity contribution in [1.29, 1.82) is 5.26 Å². The van der Waals surface area contributed by atoms with Gasteiger partial charge in [0.05, 0.1) is 11.6 Å². The topological polar surface area (TPSA) is 56.6 Å². The zero-order valence-electron chi connectivity index (χ0n) is 18.8. The minimum absolute atomic E-state index is 0.233. The molecule has 0 aliphatic carbocycles. The smallest absolute Gasteiger partial charge is 0.410 e. The molecule has 1 aliphatic rings. The summed E-state index contributed by atoms with van der Waals surface area (Å²) in [6.07, 6.45) is 3.60. The van der Waals surface area contributed by atoms with Gasteiger partial charge in [0, 0.05) is 36.3 Å². The van der Waals surface area contributed by atoms with E-state index in [0.717, 1.165) is 30.6 Å². The predicted octanol–water partition coefficient (Wildman–Crippen LogP) is 5.69. The molecule has 0 radical (unpaired) electrons. The lowest BCUT2D eigenvalue weighted by Gasteiger charge is -2.40. The molecule has 0 spiro atoms. The number of hydrogen-bond acceptors (Lipinski definition) is 5. The molecule has 0 bridgehead atoms. The van der Waals surface area contributed by atoms with Crippen molar-refractivity contribution in [3.63, 3.8) is 0 Å². The van der Waals surface area contributed by atoms with Crippen LogP contribution in [0.15, 0.2) is 53.4 Å². The SMILES string of the molecule is CSc1ccc(N(Cc2cccc(C#N)c2)C2CCN(C(=O)OC(C)(C)C)CC2)cc1. The molecule has 31 heavy (non-hydrogen) atoms. The highest BCUT2D eigenvalue weighted by Gasteiger charge is 2.30. The fourth-order valence-electron chi connectivity index (χ4n) is 3.83. The third-order valence-electron chi connectivity index (χ3n) is 5.37. The normalized spacial score (nSPS) is 14.7. The summed E-state index contributed by atoms with van der Waals surface area (Å²) < 4.78 is 5.54. The van der Waals surface area contributed by atoms with Gasteiger partial charge in [-0.2, -0.15) is 5.26 Å². The Labute approximate surface area is 190 Å². The summed E-state index contributed by atoms with van der Waals surface area (Å²) in [4.78, 5) is 17.9. The number of piperidine rings is 1. The molecule has 1 saturated heterocycles. The molecule has 1 amide bonds. The van der Waals surface area contributed by atoms with Crippen molar-refractivity contribution in [3.05, 3.63) is 59.7 Å². The molecule has 164 valence electrons. The van der Waals surface area contributed by atoms with E-state index < -0.39 is 5.60 Å². The maximum atomic E-state index is 12.4. The van der Waals surface area contributed by atoms with Crippen LogP contribution in [0.25, 0.3) is 0 Å². The number of nitriles is 1. The second-order valence-corrected chi connectivity index (χ2v) is 9.72. The third kappa shape index (κ3) is 6.41. The fraction of sp³-hybridized carbons (Fsp3) is 0.440. The maximum absolute atomic E-state index is 12.4. The lowest BCUT2D eigenvalue weighted by molar-refractivity contribution is 0.0204.